The second-order valence-electron chi connectivity index (χ2n) is 5.91. The smallest absolute Gasteiger partial charge is 0.290 e. The summed E-state index contributed by atoms with van der Waals surface area (Å²) < 4.78 is 5.31. The third-order valence-electron chi connectivity index (χ3n) is 4.30. The van der Waals surface area contributed by atoms with E-state index in [0.29, 0.717) is 32.3 Å². The highest BCUT2D eigenvalue weighted by Gasteiger charge is 2.29. The summed E-state index contributed by atoms with van der Waals surface area (Å²) in [5.41, 5.74) is 6.04. The van der Waals surface area contributed by atoms with E-state index in [1.807, 2.05) is 15.9 Å². The number of anilines is 2. The van der Waals surface area contributed by atoms with Gasteiger partial charge in [0.15, 0.2) is 0 Å². The topological polar surface area (TPSA) is 146 Å². The molecule has 10 nitrogen and oxygen atoms in total. The van der Waals surface area contributed by atoms with Gasteiger partial charge in [0.1, 0.15) is 17.5 Å². The maximum atomic E-state index is 12.5. The molecular weight excluding hydrogens is 340 g/mol. The minimum Gasteiger partial charge on any atom is -0.483 e. The number of rotatable bonds is 2. The molecule has 10 heteroatoms. The van der Waals surface area contributed by atoms with Gasteiger partial charge in [-0.2, -0.15) is 10.2 Å². The van der Waals surface area contributed by atoms with Crippen LogP contribution in [0.1, 0.15) is 18.4 Å². The molecule has 2 fully saturated rings. The highest BCUT2D eigenvalue weighted by atomic mass is 16.5. The Morgan fingerprint density at radius 1 is 1.42 bits per heavy atom. The van der Waals surface area contributed by atoms with E-state index in [1.54, 1.807) is 0 Å². The Hall–Kier alpha value is -2.93. The van der Waals surface area contributed by atoms with Crippen molar-refractivity contribution in [3.8, 4) is 6.07 Å². The van der Waals surface area contributed by atoms with Crippen LogP contribution in [0, 0.1) is 17.2 Å². The first-order valence-corrected chi connectivity index (χ1v) is 8.32. The Kier molecular flexibility index (Phi) is 7.11. The van der Waals surface area contributed by atoms with Crippen molar-refractivity contribution in [2.75, 3.05) is 50.0 Å². The zero-order chi connectivity index (χ0) is 18.9. The molecule has 0 saturated carbocycles. The first kappa shape index (κ1) is 19.4. The summed E-state index contributed by atoms with van der Waals surface area (Å²) in [6.45, 7) is 3.75. The van der Waals surface area contributed by atoms with Crippen LogP contribution in [0.5, 0.6) is 0 Å². The summed E-state index contributed by atoms with van der Waals surface area (Å²) in [4.78, 5) is 33.2. The molecule has 0 bridgehead atoms. The van der Waals surface area contributed by atoms with Crippen molar-refractivity contribution in [2.45, 2.75) is 12.8 Å². The van der Waals surface area contributed by atoms with Gasteiger partial charge in [-0.05, 0) is 12.8 Å². The van der Waals surface area contributed by atoms with Gasteiger partial charge in [0.05, 0.1) is 18.7 Å². The van der Waals surface area contributed by atoms with Crippen LogP contribution in [0.2, 0.25) is 0 Å². The van der Waals surface area contributed by atoms with Crippen molar-refractivity contribution in [3.05, 3.63) is 11.8 Å². The summed E-state index contributed by atoms with van der Waals surface area (Å²) >= 11 is 0. The number of nitrogens with zero attached hydrogens (tertiary/aromatic N) is 5. The first-order chi connectivity index (χ1) is 12.6. The summed E-state index contributed by atoms with van der Waals surface area (Å²) in [5.74, 6) is 0.894. The first-order valence-electron chi connectivity index (χ1n) is 8.32. The molecule has 2 aliphatic rings. The second kappa shape index (κ2) is 9.53. The van der Waals surface area contributed by atoms with Crippen molar-refractivity contribution >= 4 is 24.1 Å². The fourth-order valence-corrected chi connectivity index (χ4v) is 2.95. The predicted octanol–water partition coefficient (Wildman–Crippen LogP) is -0.294. The zero-order valence-corrected chi connectivity index (χ0v) is 14.4. The van der Waals surface area contributed by atoms with Gasteiger partial charge < -0.3 is 25.4 Å². The number of amides is 1. The third-order valence-corrected chi connectivity index (χ3v) is 4.30. The quantitative estimate of drug-likeness (QED) is 0.677. The summed E-state index contributed by atoms with van der Waals surface area (Å²) in [6.07, 6.45) is 3.11. The van der Waals surface area contributed by atoms with Gasteiger partial charge in [-0.1, -0.05) is 0 Å². The van der Waals surface area contributed by atoms with Crippen molar-refractivity contribution in [2.24, 2.45) is 5.92 Å². The molecule has 1 atom stereocenters. The highest BCUT2D eigenvalue weighted by molar-refractivity contribution is 5.79. The lowest BCUT2D eigenvalue weighted by molar-refractivity contribution is -0.135. The number of aromatic nitrogens is 2. The molecule has 1 unspecified atom stereocenters. The summed E-state index contributed by atoms with van der Waals surface area (Å²) in [7, 11) is 0. The van der Waals surface area contributed by atoms with E-state index < -0.39 is 0 Å². The van der Waals surface area contributed by atoms with Crippen LogP contribution in [-0.4, -0.2) is 71.7 Å². The molecular formula is C16H22N6O4. The van der Waals surface area contributed by atoms with Crippen molar-refractivity contribution < 1.29 is 19.4 Å². The van der Waals surface area contributed by atoms with Gasteiger partial charge in [0, 0.05) is 32.8 Å². The van der Waals surface area contributed by atoms with E-state index in [0.717, 1.165) is 25.9 Å². The van der Waals surface area contributed by atoms with Crippen LogP contribution < -0.4 is 10.6 Å². The number of nitrogens with two attached hydrogens (primary N) is 1. The Morgan fingerprint density at radius 3 is 2.81 bits per heavy atom. The number of hydrogen-bond acceptors (Lipinski definition) is 8. The molecule has 1 aromatic rings. The number of carbonyl (C=O) groups excluding carboxylic acids is 1. The Balaban J connectivity index is 0.000000758. The minimum absolute atomic E-state index is 0.00311. The largest absolute Gasteiger partial charge is 0.483 e. The molecule has 2 saturated heterocycles. The monoisotopic (exact) mass is 362 g/mol. The van der Waals surface area contributed by atoms with Crippen LogP contribution >= 0.6 is 0 Å². The predicted molar refractivity (Wildman–Crippen MR) is 92.2 cm³/mol. The fourth-order valence-electron chi connectivity index (χ4n) is 2.95. The van der Waals surface area contributed by atoms with Gasteiger partial charge in [-0.25, -0.2) is 4.98 Å². The Morgan fingerprint density at radius 2 is 2.19 bits per heavy atom. The summed E-state index contributed by atoms with van der Waals surface area (Å²) in [6, 6.07) is 1.96. The van der Waals surface area contributed by atoms with Gasteiger partial charge >= 0.3 is 0 Å². The lowest BCUT2D eigenvalue weighted by Gasteiger charge is -2.24. The number of nitrogen functional groups attached to an aromatic ring is 1. The molecule has 0 aromatic carbocycles. The van der Waals surface area contributed by atoms with Crippen LogP contribution in [0.4, 0.5) is 11.8 Å². The molecule has 0 spiro atoms. The summed E-state index contributed by atoms with van der Waals surface area (Å²) in [5, 5.41) is 15.8. The molecule has 1 amide bonds. The zero-order valence-electron chi connectivity index (χ0n) is 14.4. The molecule has 140 valence electrons. The molecule has 26 heavy (non-hydrogen) atoms. The third kappa shape index (κ3) is 4.80. The van der Waals surface area contributed by atoms with Gasteiger partial charge in [0.25, 0.3) is 6.47 Å². The minimum atomic E-state index is -0.250. The van der Waals surface area contributed by atoms with Gasteiger partial charge in [-0.3, -0.25) is 9.59 Å². The van der Waals surface area contributed by atoms with Gasteiger partial charge in [-0.15, -0.1) is 0 Å². The van der Waals surface area contributed by atoms with Crippen LogP contribution in [0.15, 0.2) is 6.20 Å². The van der Waals surface area contributed by atoms with Crippen LogP contribution in [0.25, 0.3) is 0 Å². The van der Waals surface area contributed by atoms with E-state index in [1.165, 1.54) is 6.20 Å². The van der Waals surface area contributed by atoms with Crippen molar-refractivity contribution in [3.63, 3.8) is 0 Å². The molecule has 3 N–H and O–H groups in total. The second-order valence-corrected chi connectivity index (χ2v) is 5.91. The molecule has 1 aromatic heterocycles. The molecule has 3 heterocycles. The van der Waals surface area contributed by atoms with E-state index >= 15 is 0 Å². The lowest BCUT2D eigenvalue weighted by Crippen LogP contribution is -2.39. The van der Waals surface area contributed by atoms with Crippen molar-refractivity contribution in [1.82, 2.24) is 14.9 Å². The number of carbonyl (C=O) groups is 2. The normalized spacial score (nSPS) is 19.7. The SMILES string of the molecule is N#Cc1cnc(N2CCCN(C(=O)C3CCOC3)CC2)nc1N.O=CO. The van der Waals surface area contributed by atoms with E-state index in [-0.39, 0.29) is 29.7 Å². The van der Waals surface area contributed by atoms with Crippen LogP contribution in [0.3, 0.4) is 0 Å². The molecule has 0 radical (unpaired) electrons. The van der Waals surface area contributed by atoms with E-state index in [4.69, 9.17) is 25.6 Å². The molecule has 0 aliphatic carbocycles. The highest BCUT2D eigenvalue weighted by Crippen LogP contribution is 2.19. The standard InChI is InChI=1S/C15H20N6O2.CH2O2/c16-8-12-9-18-15(19-13(12)17)21-4-1-3-20(5-6-21)14(22)11-2-7-23-10-11;2-1-3/h9,11H,1-7,10H2,(H2,17,18,19);1H,(H,2,3). The van der Waals surface area contributed by atoms with Crippen LogP contribution in [-0.2, 0) is 14.3 Å². The number of nitriles is 1. The number of hydrogen-bond donors (Lipinski definition) is 2. The average Bonchev–Trinajstić information content (AvgIpc) is 3.06. The van der Waals surface area contributed by atoms with Crippen molar-refractivity contribution in [1.29, 1.82) is 5.26 Å². The Bertz CT molecular complexity index is 671. The van der Waals surface area contributed by atoms with Gasteiger partial charge in [0.2, 0.25) is 11.9 Å². The average molecular weight is 362 g/mol. The molecule has 3 rings (SSSR count). The maximum absolute atomic E-state index is 12.5. The Labute approximate surface area is 151 Å². The van der Waals surface area contributed by atoms with E-state index in [9.17, 15) is 4.79 Å². The number of carboxylic acid groups (broad SMARTS) is 1. The number of ether oxygens (including phenoxy) is 1. The maximum Gasteiger partial charge on any atom is 0.290 e. The molecule has 2 aliphatic heterocycles. The van der Waals surface area contributed by atoms with E-state index in [2.05, 4.69) is 9.97 Å². The lowest BCUT2D eigenvalue weighted by atomic mass is 10.1. The fraction of sp³-hybridized carbons (Fsp3) is 0.562.